The van der Waals surface area contributed by atoms with E-state index in [-0.39, 0.29) is 23.9 Å². The van der Waals surface area contributed by atoms with Gasteiger partial charge in [-0.25, -0.2) is 14.4 Å². The number of fused-ring (bicyclic) bond motifs is 2. The molecule has 2 aliphatic rings. The van der Waals surface area contributed by atoms with Crippen molar-refractivity contribution in [2.45, 2.75) is 57.5 Å². The van der Waals surface area contributed by atoms with Gasteiger partial charge in [-0.2, -0.15) is 18.3 Å². The maximum absolute atomic E-state index is 14.6. The summed E-state index contributed by atoms with van der Waals surface area (Å²) in [7, 11) is 0. The zero-order chi connectivity index (χ0) is 30.6. The van der Waals surface area contributed by atoms with Gasteiger partial charge in [-0.1, -0.05) is 18.7 Å². The van der Waals surface area contributed by atoms with E-state index in [4.69, 9.17) is 5.10 Å². The molecule has 1 unspecified atom stereocenters. The first-order valence-corrected chi connectivity index (χ1v) is 15.5. The normalized spacial score (nSPS) is 17.7. The molecule has 3 aromatic heterocycles. The molecule has 1 N–H and O–H groups in total. The Morgan fingerprint density at radius 2 is 1.89 bits per heavy atom. The molecule has 0 radical (unpaired) electrons. The van der Waals surface area contributed by atoms with Gasteiger partial charge in [0.25, 0.3) is 0 Å². The number of aryl methyl sites for hydroxylation is 1. The van der Waals surface area contributed by atoms with Crippen LogP contribution >= 0.6 is 11.3 Å². The molecule has 2 aliphatic heterocycles. The number of rotatable bonds is 7. The third kappa shape index (κ3) is 5.14. The molecular formula is C32H31F4N7S. The van der Waals surface area contributed by atoms with Gasteiger partial charge in [0, 0.05) is 59.7 Å². The van der Waals surface area contributed by atoms with Crippen LogP contribution in [0.25, 0.3) is 22.0 Å². The molecule has 228 valence electrons. The van der Waals surface area contributed by atoms with Crippen LogP contribution in [0.5, 0.6) is 0 Å². The van der Waals surface area contributed by atoms with Gasteiger partial charge in [-0.3, -0.25) is 4.68 Å². The Hall–Kier alpha value is -4.19. The average Bonchev–Trinajstić information content (AvgIpc) is 3.80. The van der Waals surface area contributed by atoms with Gasteiger partial charge >= 0.3 is 6.18 Å². The predicted octanol–water partition coefficient (Wildman–Crippen LogP) is 7.78. The molecule has 5 heterocycles. The number of nitrogens with zero attached hydrogens (tertiary/aromatic N) is 6. The third-order valence-corrected chi connectivity index (χ3v) is 9.31. The summed E-state index contributed by atoms with van der Waals surface area (Å²) in [5, 5.41) is 10.3. The largest absolute Gasteiger partial charge is 0.417 e. The van der Waals surface area contributed by atoms with Crippen LogP contribution in [0, 0.1) is 6.92 Å². The van der Waals surface area contributed by atoms with Crippen LogP contribution in [0.2, 0.25) is 0 Å². The SMILES string of the molecule is C=C(Nc1nccs1)C(c1ncn2c1C[C@@H](F)C2)n1cc2c(C(F)(F)F)cc(-c3ccc(N4CCCCC4)cc3)c(C)c2n1. The number of nitrogens with one attached hydrogen (secondary N) is 1. The van der Waals surface area contributed by atoms with E-state index in [9.17, 15) is 17.6 Å². The van der Waals surface area contributed by atoms with Crippen molar-refractivity contribution in [3.63, 3.8) is 0 Å². The summed E-state index contributed by atoms with van der Waals surface area (Å²) >= 11 is 1.36. The molecule has 2 atom stereocenters. The Labute approximate surface area is 255 Å². The fourth-order valence-corrected chi connectivity index (χ4v) is 7.02. The lowest BCUT2D eigenvalue weighted by Gasteiger charge is -2.29. The van der Waals surface area contributed by atoms with E-state index in [1.54, 1.807) is 29.4 Å². The minimum Gasteiger partial charge on any atom is -0.372 e. The van der Waals surface area contributed by atoms with Gasteiger partial charge in [0.05, 0.1) is 29.6 Å². The van der Waals surface area contributed by atoms with E-state index < -0.39 is 24.0 Å². The monoisotopic (exact) mass is 621 g/mol. The van der Waals surface area contributed by atoms with Gasteiger partial charge in [0.1, 0.15) is 12.2 Å². The van der Waals surface area contributed by atoms with Crippen LogP contribution in [0.3, 0.4) is 0 Å². The molecule has 0 bridgehead atoms. The van der Waals surface area contributed by atoms with Crippen LogP contribution in [0.1, 0.15) is 47.8 Å². The first kappa shape index (κ1) is 28.6. The summed E-state index contributed by atoms with van der Waals surface area (Å²) in [5.74, 6) is 0. The molecule has 0 spiro atoms. The number of thiazole rings is 1. The number of imidazole rings is 1. The third-order valence-electron chi connectivity index (χ3n) is 8.62. The van der Waals surface area contributed by atoms with E-state index in [1.807, 2.05) is 24.3 Å². The molecule has 0 saturated carbocycles. The highest BCUT2D eigenvalue weighted by Gasteiger charge is 2.37. The second kappa shape index (κ2) is 11.1. The summed E-state index contributed by atoms with van der Waals surface area (Å²) < 4.78 is 61.5. The summed E-state index contributed by atoms with van der Waals surface area (Å²) in [6, 6.07) is 8.16. The minimum absolute atomic E-state index is 0.0186. The fraction of sp³-hybridized carbons (Fsp3) is 0.344. The summed E-state index contributed by atoms with van der Waals surface area (Å²) in [6.07, 6.45) is 2.57. The van der Waals surface area contributed by atoms with E-state index in [0.717, 1.165) is 31.6 Å². The lowest BCUT2D eigenvalue weighted by atomic mass is 9.94. The van der Waals surface area contributed by atoms with E-state index in [2.05, 4.69) is 26.8 Å². The first-order chi connectivity index (χ1) is 21.2. The molecule has 2 aromatic carbocycles. The molecule has 7 rings (SSSR count). The molecule has 44 heavy (non-hydrogen) atoms. The first-order valence-electron chi connectivity index (χ1n) is 14.7. The minimum atomic E-state index is -4.62. The topological polar surface area (TPSA) is 63.8 Å². The average molecular weight is 622 g/mol. The van der Waals surface area contributed by atoms with Crippen molar-refractivity contribution >= 4 is 33.1 Å². The van der Waals surface area contributed by atoms with Crippen molar-refractivity contribution in [1.29, 1.82) is 0 Å². The highest BCUT2D eigenvalue weighted by molar-refractivity contribution is 7.13. The Morgan fingerprint density at radius 3 is 2.59 bits per heavy atom. The number of benzene rings is 2. The second-order valence-corrected chi connectivity index (χ2v) is 12.4. The maximum atomic E-state index is 14.6. The van der Waals surface area contributed by atoms with Crippen LogP contribution in [-0.4, -0.2) is 43.6 Å². The van der Waals surface area contributed by atoms with E-state index in [0.29, 0.717) is 38.9 Å². The van der Waals surface area contributed by atoms with Gasteiger partial charge in [-0.05, 0) is 61.1 Å². The highest BCUT2D eigenvalue weighted by atomic mass is 32.1. The second-order valence-electron chi connectivity index (χ2n) is 11.5. The standard InChI is InChI=1S/C32H31F4N7S/c1-19-24(21-6-8-23(9-7-21)41-11-4-3-5-12-41)15-26(32(34,35)36)25-17-43(40-28(19)25)30(20(2)39-31-37-10-13-44-31)29-27-14-22(33)16-42(27)18-38-29/h6-10,13,15,17-18,22,30H,2-5,11-12,14,16H2,1H3,(H,37,39)/t22-,30?/m1/s1. The van der Waals surface area contributed by atoms with Gasteiger partial charge in [-0.15, -0.1) is 11.3 Å². The van der Waals surface area contributed by atoms with Gasteiger partial charge < -0.3 is 14.8 Å². The Balaban J connectivity index is 1.34. The van der Waals surface area contributed by atoms with Crippen LogP contribution in [-0.2, 0) is 19.1 Å². The maximum Gasteiger partial charge on any atom is 0.417 e. The van der Waals surface area contributed by atoms with Crippen molar-refractivity contribution in [2.24, 2.45) is 0 Å². The number of alkyl halides is 4. The number of hydrogen-bond acceptors (Lipinski definition) is 6. The molecule has 1 fully saturated rings. The van der Waals surface area contributed by atoms with Crippen LogP contribution in [0.4, 0.5) is 28.4 Å². The van der Waals surface area contributed by atoms with E-state index in [1.165, 1.54) is 34.7 Å². The number of piperidine rings is 1. The molecule has 0 amide bonds. The number of hydrogen-bond donors (Lipinski definition) is 1. The zero-order valence-electron chi connectivity index (χ0n) is 24.1. The number of aromatic nitrogens is 5. The molecule has 7 nitrogen and oxygen atoms in total. The summed E-state index contributed by atoms with van der Waals surface area (Å²) in [5.41, 5.74) is 3.92. The van der Waals surface area contributed by atoms with Crippen molar-refractivity contribution < 1.29 is 17.6 Å². The lowest BCUT2D eigenvalue weighted by Crippen LogP contribution is -2.29. The van der Waals surface area contributed by atoms with E-state index >= 15 is 0 Å². The summed E-state index contributed by atoms with van der Waals surface area (Å²) in [6.45, 7) is 8.15. The van der Waals surface area contributed by atoms with Crippen molar-refractivity contribution in [3.05, 3.63) is 89.2 Å². The number of halogens is 4. The Morgan fingerprint density at radius 1 is 1.11 bits per heavy atom. The van der Waals surface area contributed by atoms with Crippen molar-refractivity contribution in [1.82, 2.24) is 24.3 Å². The number of anilines is 2. The zero-order valence-corrected chi connectivity index (χ0v) is 24.9. The predicted molar refractivity (Wildman–Crippen MR) is 165 cm³/mol. The van der Waals surface area contributed by atoms with Crippen molar-refractivity contribution in [3.8, 4) is 11.1 Å². The molecular weight excluding hydrogens is 590 g/mol. The van der Waals surface area contributed by atoms with Crippen LogP contribution in [0.15, 0.2) is 66.7 Å². The molecule has 5 aromatic rings. The smallest absolute Gasteiger partial charge is 0.372 e. The van der Waals surface area contributed by atoms with Gasteiger partial charge in [0.15, 0.2) is 5.13 Å². The molecule has 12 heteroatoms. The molecule has 0 aliphatic carbocycles. The quantitative estimate of drug-likeness (QED) is 0.188. The lowest BCUT2D eigenvalue weighted by molar-refractivity contribution is -0.136. The molecule has 1 saturated heterocycles. The van der Waals surface area contributed by atoms with Gasteiger partial charge in [0.2, 0.25) is 0 Å². The number of allylic oxidation sites excluding steroid dienone is 1. The highest BCUT2D eigenvalue weighted by Crippen LogP contribution is 2.42. The Kier molecular flexibility index (Phi) is 7.19. The summed E-state index contributed by atoms with van der Waals surface area (Å²) in [4.78, 5) is 11.1. The van der Waals surface area contributed by atoms with Crippen LogP contribution < -0.4 is 10.2 Å². The Bertz CT molecular complexity index is 1820. The van der Waals surface area contributed by atoms with Crippen molar-refractivity contribution in [2.75, 3.05) is 23.3 Å². The fourth-order valence-electron chi connectivity index (χ4n) is 6.45.